The predicted molar refractivity (Wildman–Crippen MR) is 52.3 cm³/mol. The van der Waals surface area contributed by atoms with Gasteiger partial charge in [0.15, 0.2) is 0 Å². The van der Waals surface area contributed by atoms with Crippen molar-refractivity contribution in [1.29, 1.82) is 0 Å². The smallest absolute Gasteiger partial charge is 0.252 e. The van der Waals surface area contributed by atoms with Gasteiger partial charge in [-0.25, -0.2) is 0 Å². The number of amides is 1. The average Bonchev–Trinajstić information content (AvgIpc) is 2.18. The van der Waals surface area contributed by atoms with Crippen molar-refractivity contribution in [2.45, 2.75) is 6.92 Å². The topological polar surface area (TPSA) is 42.0 Å². The monoisotopic (exact) mass is 176 g/mol. The molecule has 0 spiro atoms. The maximum atomic E-state index is 11.3. The van der Waals surface area contributed by atoms with Crippen LogP contribution < -0.4 is 5.32 Å². The first kappa shape index (κ1) is 9.45. The van der Waals surface area contributed by atoms with Gasteiger partial charge in [-0.3, -0.25) is 9.78 Å². The van der Waals surface area contributed by atoms with Gasteiger partial charge < -0.3 is 5.32 Å². The molecule has 0 radical (unpaired) electrons. The van der Waals surface area contributed by atoms with Crippen LogP contribution in [0.2, 0.25) is 0 Å². The van der Waals surface area contributed by atoms with Crippen molar-refractivity contribution >= 4 is 12.0 Å². The number of hydrogen-bond donors (Lipinski definition) is 1. The molecule has 1 amide bonds. The summed E-state index contributed by atoms with van der Waals surface area (Å²) in [5.41, 5.74) is 1.42. The number of carbonyl (C=O) groups is 1. The van der Waals surface area contributed by atoms with E-state index < -0.39 is 0 Å². The fourth-order valence-electron chi connectivity index (χ4n) is 0.956. The number of nitrogens with zero attached hydrogens (tertiary/aromatic N) is 1. The molecule has 0 bridgehead atoms. The molecule has 0 saturated heterocycles. The maximum Gasteiger partial charge on any atom is 0.252 e. The number of carbonyl (C=O) groups excluding carboxylic acids is 1. The zero-order valence-corrected chi connectivity index (χ0v) is 7.58. The van der Waals surface area contributed by atoms with E-state index in [1.165, 1.54) is 6.20 Å². The third-order valence-electron chi connectivity index (χ3n) is 1.59. The van der Waals surface area contributed by atoms with Gasteiger partial charge in [0.2, 0.25) is 0 Å². The van der Waals surface area contributed by atoms with E-state index in [1.807, 2.05) is 6.92 Å². The molecule has 0 unspecified atom stereocenters. The Morgan fingerprint density at radius 1 is 1.69 bits per heavy atom. The van der Waals surface area contributed by atoms with Gasteiger partial charge in [-0.15, -0.1) is 0 Å². The summed E-state index contributed by atoms with van der Waals surface area (Å²) >= 11 is 0. The van der Waals surface area contributed by atoms with E-state index in [1.54, 1.807) is 18.3 Å². The van der Waals surface area contributed by atoms with Gasteiger partial charge in [-0.2, -0.15) is 0 Å². The van der Waals surface area contributed by atoms with Crippen molar-refractivity contribution in [3.63, 3.8) is 0 Å². The van der Waals surface area contributed by atoms with E-state index in [2.05, 4.69) is 16.9 Å². The third-order valence-corrected chi connectivity index (χ3v) is 1.59. The van der Waals surface area contributed by atoms with E-state index in [-0.39, 0.29) is 5.91 Å². The van der Waals surface area contributed by atoms with Gasteiger partial charge in [0.05, 0.1) is 5.56 Å². The molecule has 0 aliphatic rings. The van der Waals surface area contributed by atoms with Crippen LogP contribution >= 0.6 is 0 Å². The lowest BCUT2D eigenvalue weighted by atomic mass is 10.2. The lowest BCUT2D eigenvalue weighted by Crippen LogP contribution is -2.22. The summed E-state index contributed by atoms with van der Waals surface area (Å²) in [7, 11) is 0. The Hall–Kier alpha value is -1.64. The Labute approximate surface area is 77.5 Å². The molecule has 0 aliphatic heterocycles. The van der Waals surface area contributed by atoms with Crippen LogP contribution in [0.4, 0.5) is 0 Å². The number of nitrogens with one attached hydrogen (secondary N) is 1. The number of pyridine rings is 1. The maximum absolute atomic E-state index is 11.3. The minimum Gasteiger partial charge on any atom is -0.352 e. The summed E-state index contributed by atoms with van der Waals surface area (Å²) in [6.07, 6.45) is 4.86. The van der Waals surface area contributed by atoms with Gasteiger partial charge in [-0.1, -0.05) is 12.7 Å². The van der Waals surface area contributed by atoms with Gasteiger partial charge in [0, 0.05) is 18.9 Å². The van der Waals surface area contributed by atoms with Crippen molar-refractivity contribution in [2.24, 2.45) is 0 Å². The van der Waals surface area contributed by atoms with Crippen molar-refractivity contribution in [2.75, 3.05) is 6.54 Å². The Kier molecular flexibility index (Phi) is 3.20. The molecule has 1 rings (SSSR count). The molecular weight excluding hydrogens is 164 g/mol. The van der Waals surface area contributed by atoms with E-state index in [4.69, 9.17) is 0 Å². The normalized spacial score (nSPS) is 9.31. The SMILES string of the molecule is C=Cc1cncc(C(=O)NCC)c1. The Balaban J connectivity index is 2.88. The van der Waals surface area contributed by atoms with Crippen molar-refractivity contribution in [1.82, 2.24) is 10.3 Å². The third kappa shape index (κ3) is 2.40. The molecule has 1 N–H and O–H groups in total. The van der Waals surface area contributed by atoms with Crippen LogP contribution in [-0.4, -0.2) is 17.4 Å². The van der Waals surface area contributed by atoms with Gasteiger partial charge in [-0.05, 0) is 18.6 Å². The van der Waals surface area contributed by atoms with Crippen LogP contribution in [0.25, 0.3) is 6.08 Å². The standard InChI is InChI=1S/C10H12N2O/c1-3-8-5-9(7-11-6-8)10(13)12-4-2/h3,5-7H,1,4H2,2H3,(H,12,13). The van der Waals surface area contributed by atoms with E-state index in [0.29, 0.717) is 12.1 Å². The first-order valence-electron chi connectivity index (χ1n) is 4.13. The summed E-state index contributed by atoms with van der Waals surface area (Å²) < 4.78 is 0. The molecular formula is C10H12N2O. The summed E-state index contributed by atoms with van der Waals surface area (Å²) in [6.45, 7) is 6.11. The number of rotatable bonds is 3. The molecule has 1 aromatic rings. The Morgan fingerprint density at radius 3 is 3.08 bits per heavy atom. The highest BCUT2D eigenvalue weighted by Crippen LogP contribution is 2.03. The predicted octanol–water partition coefficient (Wildman–Crippen LogP) is 1.47. The van der Waals surface area contributed by atoms with Gasteiger partial charge in [0.1, 0.15) is 0 Å². The molecule has 1 aromatic heterocycles. The summed E-state index contributed by atoms with van der Waals surface area (Å²) in [6, 6.07) is 1.75. The fraction of sp³-hybridized carbons (Fsp3) is 0.200. The number of aromatic nitrogens is 1. The molecule has 0 aromatic carbocycles. The average molecular weight is 176 g/mol. The second-order valence-corrected chi connectivity index (χ2v) is 2.57. The molecule has 0 saturated carbocycles. The zero-order chi connectivity index (χ0) is 9.68. The van der Waals surface area contributed by atoms with Crippen LogP contribution in [0.1, 0.15) is 22.8 Å². The van der Waals surface area contributed by atoms with Crippen LogP contribution in [0.15, 0.2) is 25.0 Å². The Morgan fingerprint density at radius 2 is 2.46 bits per heavy atom. The molecule has 68 valence electrons. The van der Waals surface area contributed by atoms with Crippen molar-refractivity contribution < 1.29 is 4.79 Å². The van der Waals surface area contributed by atoms with Gasteiger partial charge >= 0.3 is 0 Å². The first-order chi connectivity index (χ1) is 6.27. The van der Waals surface area contributed by atoms with Crippen LogP contribution in [-0.2, 0) is 0 Å². The minimum atomic E-state index is -0.0984. The first-order valence-corrected chi connectivity index (χ1v) is 4.13. The molecule has 1 heterocycles. The summed E-state index contributed by atoms with van der Waals surface area (Å²) in [5.74, 6) is -0.0984. The van der Waals surface area contributed by atoms with E-state index >= 15 is 0 Å². The molecule has 13 heavy (non-hydrogen) atoms. The summed E-state index contributed by atoms with van der Waals surface area (Å²) in [4.78, 5) is 15.3. The number of hydrogen-bond acceptors (Lipinski definition) is 2. The molecule has 0 fully saturated rings. The largest absolute Gasteiger partial charge is 0.352 e. The van der Waals surface area contributed by atoms with Crippen LogP contribution in [0.3, 0.4) is 0 Å². The zero-order valence-electron chi connectivity index (χ0n) is 7.58. The van der Waals surface area contributed by atoms with E-state index in [9.17, 15) is 4.79 Å². The molecule has 3 heteroatoms. The molecule has 0 aliphatic carbocycles. The molecule has 0 atom stereocenters. The second-order valence-electron chi connectivity index (χ2n) is 2.57. The lowest BCUT2D eigenvalue weighted by Gasteiger charge is -2.01. The van der Waals surface area contributed by atoms with Gasteiger partial charge in [0.25, 0.3) is 5.91 Å². The fourth-order valence-corrected chi connectivity index (χ4v) is 0.956. The van der Waals surface area contributed by atoms with E-state index in [0.717, 1.165) is 5.56 Å². The van der Waals surface area contributed by atoms with Crippen molar-refractivity contribution in [3.05, 3.63) is 36.2 Å². The highest BCUT2D eigenvalue weighted by atomic mass is 16.1. The second kappa shape index (κ2) is 4.40. The lowest BCUT2D eigenvalue weighted by molar-refractivity contribution is 0.0955. The quantitative estimate of drug-likeness (QED) is 0.757. The highest BCUT2D eigenvalue weighted by molar-refractivity contribution is 5.94. The highest BCUT2D eigenvalue weighted by Gasteiger charge is 2.03. The van der Waals surface area contributed by atoms with Crippen molar-refractivity contribution in [3.8, 4) is 0 Å². The molecule has 3 nitrogen and oxygen atoms in total. The van der Waals surface area contributed by atoms with Crippen LogP contribution in [0, 0.1) is 0 Å². The van der Waals surface area contributed by atoms with Crippen LogP contribution in [0.5, 0.6) is 0 Å². The summed E-state index contributed by atoms with van der Waals surface area (Å²) in [5, 5.41) is 2.70. The Bertz CT molecular complexity index is 320. The minimum absolute atomic E-state index is 0.0984.